The van der Waals surface area contributed by atoms with Crippen molar-refractivity contribution in [2.24, 2.45) is 17.3 Å². The van der Waals surface area contributed by atoms with Crippen molar-refractivity contribution in [2.75, 3.05) is 26.2 Å². The van der Waals surface area contributed by atoms with Gasteiger partial charge in [0, 0.05) is 19.1 Å². The van der Waals surface area contributed by atoms with Gasteiger partial charge < -0.3 is 5.32 Å². The van der Waals surface area contributed by atoms with Crippen LogP contribution in [0.4, 0.5) is 0 Å². The Hall–Kier alpha value is -0.0800. The molecule has 0 aromatic rings. The second kappa shape index (κ2) is 5.92. The van der Waals surface area contributed by atoms with Crippen LogP contribution in [-0.2, 0) is 0 Å². The molecule has 0 radical (unpaired) electrons. The summed E-state index contributed by atoms with van der Waals surface area (Å²) in [6.07, 6.45) is 5.50. The Morgan fingerprint density at radius 1 is 1.17 bits per heavy atom. The summed E-state index contributed by atoms with van der Waals surface area (Å²) in [5.41, 5.74) is 0.594. The summed E-state index contributed by atoms with van der Waals surface area (Å²) >= 11 is 0. The van der Waals surface area contributed by atoms with Crippen molar-refractivity contribution in [1.82, 2.24) is 10.2 Å². The average molecular weight is 252 g/mol. The van der Waals surface area contributed by atoms with Crippen LogP contribution in [0, 0.1) is 17.3 Å². The number of nitrogens with zero attached hydrogens (tertiary/aromatic N) is 1. The van der Waals surface area contributed by atoms with Gasteiger partial charge in [-0.1, -0.05) is 20.8 Å². The van der Waals surface area contributed by atoms with E-state index in [4.69, 9.17) is 0 Å². The monoisotopic (exact) mass is 252 g/mol. The lowest BCUT2D eigenvalue weighted by molar-refractivity contribution is 0.0218. The van der Waals surface area contributed by atoms with E-state index in [2.05, 4.69) is 37.9 Å². The maximum atomic E-state index is 3.52. The molecule has 18 heavy (non-hydrogen) atoms. The van der Waals surface area contributed by atoms with Gasteiger partial charge in [0.1, 0.15) is 0 Å². The molecule has 2 fully saturated rings. The molecular weight excluding hydrogens is 220 g/mol. The summed E-state index contributed by atoms with van der Waals surface area (Å²) in [5.74, 6) is 1.75. The van der Waals surface area contributed by atoms with E-state index < -0.39 is 0 Å². The van der Waals surface area contributed by atoms with E-state index in [1.54, 1.807) is 0 Å². The third kappa shape index (κ3) is 3.08. The summed E-state index contributed by atoms with van der Waals surface area (Å²) in [6, 6.07) is 0.777. The molecule has 2 nitrogen and oxygen atoms in total. The molecule has 0 bridgehead atoms. The van der Waals surface area contributed by atoms with Gasteiger partial charge in [-0.15, -0.1) is 0 Å². The van der Waals surface area contributed by atoms with E-state index in [9.17, 15) is 0 Å². The predicted molar refractivity (Wildman–Crippen MR) is 78.8 cm³/mol. The van der Waals surface area contributed by atoms with Crippen molar-refractivity contribution < 1.29 is 0 Å². The summed E-state index contributed by atoms with van der Waals surface area (Å²) in [5, 5.41) is 3.52. The zero-order valence-electron chi connectivity index (χ0n) is 12.8. The van der Waals surface area contributed by atoms with Gasteiger partial charge in [0.2, 0.25) is 0 Å². The minimum absolute atomic E-state index is 0.594. The first-order valence-electron chi connectivity index (χ1n) is 8.01. The summed E-state index contributed by atoms with van der Waals surface area (Å²) in [6.45, 7) is 14.8. The van der Waals surface area contributed by atoms with Crippen LogP contribution in [0.3, 0.4) is 0 Å². The molecule has 3 atom stereocenters. The molecule has 0 aromatic heterocycles. The highest BCUT2D eigenvalue weighted by Crippen LogP contribution is 2.36. The van der Waals surface area contributed by atoms with Gasteiger partial charge >= 0.3 is 0 Å². The second-order valence-corrected chi connectivity index (χ2v) is 7.09. The van der Waals surface area contributed by atoms with Crippen molar-refractivity contribution in [1.29, 1.82) is 0 Å². The predicted octanol–water partition coefficient (Wildman–Crippen LogP) is 3.13. The van der Waals surface area contributed by atoms with E-state index in [1.165, 1.54) is 51.9 Å². The Morgan fingerprint density at radius 3 is 2.44 bits per heavy atom. The first-order valence-corrected chi connectivity index (χ1v) is 8.01. The van der Waals surface area contributed by atoms with Crippen molar-refractivity contribution in [2.45, 2.75) is 59.4 Å². The molecule has 2 rings (SSSR count). The topological polar surface area (TPSA) is 15.3 Å². The van der Waals surface area contributed by atoms with Crippen LogP contribution in [0.2, 0.25) is 0 Å². The average Bonchev–Trinajstić information content (AvgIpc) is 2.36. The number of hydrogen-bond acceptors (Lipinski definition) is 2. The highest BCUT2D eigenvalue weighted by Gasteiger charge is 2.36. The largest absolute Gasteiger partial charge is 0.317 e. The van der Waals surface area contributed by atoms with Crippen molar-refractivity contribution in [3.63, 3.8) is 0 Å². The maximum Gasteiger partial charge on any atom is 0.00930 e. The number of likely N-dealkylation sites (tertiary alicyclic amines) is 1. The quantitative estimate of drug-likeness (QED) is 0.830. The summed E-state index contributed by atoms with van der Waals surface area (Å²) < 4.78 is 0. The van der Waals surface area contributed by atoms with Gasteiger partial charge in [0.15, 0.2) is 0 Å². The third-order valence-corrected chi connectivity index (χ3v) is 5.67. The van der Waals surface area contributed by atoms with Gasteiger partial charge in [-0.2, -0.15) is 0 Å². The Morgan fingerprint density at radius 2 is 1.83 bits per heavy atom. The van der Waals surface area contributed by atoms with Crippen LogP contribution in [-0.4, -0.2) is 37.1 Å². The molecule has 0 aromatic carbocycles. The fraction of sp³-hybridized carbons (Fsp3) is 1.00. The van der Waals surface area contributed by atoms with Crippen LogP contribution in [0.5, 0.6) is 0 Å². The SMILES string of the molecule is CCC1(CN2CC(C)CC(C)C2C)CCNCC1. The lowest BCUT2D eigenvalue weighted by Gasteiger charge is -2.47. The normalized spacial score (nSPS) is 37.7. The van der Waals surface area contributed by atoms with E-state index in [0.29, 0.717) is 5.41 Å². The van der Waals surface area contributed by atoms with Gasteiger partial charge in [-0.3, -0.25) is 4.90 Å². The standard InChI is InChI=1S/C16H32N2/c1-5-16(6-8-17-9-7-16)12-18-11-13(2)10-14(3)15(18)4/h13-15,17H,5-12H2,1-4H3. The molecule has 0 aliphatic carbocycles. The molecule has 2 heterocycles. The number of piperidine rings is 2. The van der Waals surface area contributed by atoms with E-state index in [-0.39, 0.29) is 0 Å². The zero-order valence-corrected chi connectivity index (χ0v) is 12.8. The van der Waals surface area contributed by atoms with E-state index in [1.807, 2.05) is 0 Å². The first-order chi connectivity index (χ1) is 8.56. The molecular formula is C16H32N2. The van der Waals surface area contributed by atoms with Gasteiger partial charge in [-0.05, 0) is 62.9 Å². The van der Waals surface area contributed by atoms with Crippen molar-refractivity contribution in [3.8, 4) is 0 Å². The van der Waals surface area contributed by atoms with Crippen molar-refractivity contribution >= 4 is 0 Å². The van der Waals surface area contributed by atoms with Crippen LogP contribution in [0.1, 0.15) is 53.4 Å². The van der Waals surface area contributed by atoms with Crippen LogP contribution < -0.4 is 5.32 Å². The maximum absolute atomic E-state index is 3.52. The third-order valence-electron chi connectivity index (χ3n) is 5.67. The van der Waals surface area contributed by atoms with Gasteiger partial charge in [0.05, 0.1) is 0 Å². The molecule has 2 aliphatic rings. The Bertz CT molecular complexity index is 258. The Balaban J connectivity index is 2.01. The smallest absolute Gasteiger partial charge is 0.00930 e. The molecule has 0 amide bonds. The number of hydrogen-bond donors (Lipinski definition) is 1. The number of nitrogens with one attached hydrogen (secondary N) is 1. The summed E-state index contributed by atoms with van der Waals surface area (Å²) in [7, 11) is 0. The molecule has 2 saturated heterocycles. The zero-order chi connectivity index (χ0) is 13.2. The first kappa shape index (κ1) is 14.3. The minimum atomic E-state index is 0.594. The fourth-order valence-electron chi connectivity index (χ4n) is 4.05. The molecule has 0 saturated carbocycles. The van der Waals surface area contributed by atoms with E-state index in [0.717, 1.165) is 17.9 Å². The number of rotatable bonds is 3. The lowest BCUT2D eigenvalue weighted by atomic mass is 9.74. The molecule has 0 spiro atoms. The Labute approximate surface area is 114 Å². The van der Waals surface area contributed by atoms with Crippen LogP contribution >= 0.6 is 0 Å². The minimum Gasteiger partial charge on any atom is -0.317 e. The highest BCUT2D eigenvalue weighted by molar-refractivity contribution is 4.90. The van der Waals surface area contributed by atoms with Gasteiger partial charge in [-0.25, -0.2) is 0 Å². The van der Waals surface area contributed by atoms with Gasteiger partial charge in [0.25, 0.3) is 0 Å². The molecule has 2 aliphatic heterocycles. The molecule has 3 unspecified atom stereocenters. The molecule has 1 N–H and O–H groups in total. The highest BCUT2D eigenvalue weighted by atomic mass is 15.2. The van der Waals surface area contributed by atoms with Crippen LogP contribution in [0.15, 0.2) is 0 Å². The fourth-order valence-corrected chi connectivity index (χ4v) is 4.05. The molecule has 106 valence electrons. The van der Waals surface area contributed by atoms with E-state index >= 15 is 0 Å². The van der Waals surface area contributed by atoms with Crippen molar-refractivity contribution in [3.05, 3.63) is 0 Å². The van der Waals surface area contributed by atoms with Crippen LogP contribution in [0.25, 0.3) is 0 Å². The summed E-state index contributed by atoms with van der Waals surface area (Å²) in [4.78, 5) is 2.80. The Kier molecular flexibility index (Phi) is 4.71. The second-order valence-electron chi connectivity index (χ2n) is 7.09. The lowest BCUT2D eigenvalue weighted by Crippen LogP contribution is -2.52. The molecule has 2 heteroatoms.